The third-order valence-corrected chi connectivity index (χ3v) is 6.59. The Hall–Kier alpha value is -2.71. The molecule has 1 fully saturated rings. The third-order valence-electron chi connectivity index (χ3n) is 4.63. The zero-order chi connectivity index (χ0) is 20.2. The molecule has 4 rings (SSSR count). The standard InChI is InChI=1S/C21H20N4O2S2/c1-2-28-17-11-7-6-10-16(17)19(27)22-21-24-23-20(29-21)14-12-18(26)25(13-14)15-8-4-3-5-9-15/h3-11,14H,2,12-13H2,1H3,(H,22,24,27). The minimum Gasteiger partial charge on any atom is -0.312 e. The molecule has 0 bridgehead atoms. The van der Waals surface area contributed by atoms with Gasteiger partial charge in [0.25, 0.3) is 5.91 Å². The van der Waals surface area contributed by atoms with Gasteiger partial charge in [0.05, 0.1) is 5.56 Å². The van der Waals surface area contributed by atoms with Gasteiger partial charge in [-0.05, 0) is 30.0 Å². The van der Waals surface area contributed by atoms with Crippen LogP contribution < -0.4 is 10.2 Å². The molecule has 0 aliphatic carbocycles. The van der Waals surface area contributed by atoms with E-state index >= 15 is 0 Å². The number of carbonyl (C=O) groups excluding carboxylic acids is 2. The Bertz CT molecular complexity index is 1020. The molecule has 0 saturated carbocycles. The Morgan fingerprint density at radius 3 is 2.72 bits per heavy atom. The van der Waals surface area contributed by atoms with E-state index in [0.717, 1.165) is 21.3 Å². The lowest BCUT2D eigenvalue weighted by Crippen LogP contribution is -2.24. The molecule has 1 aliphatic rings. The van der Waals surface area contributed by atoms with E-state index in [1.165, 1.54) is 11.3 Å². The van der Waals surface area contributed by atoms with Crippen LogP contribution in [0.3, 0.4) is 0 Å². The summed E-state index contributed by atoms with van der Waals surface area (Å²) < 4.78 is 0. The molecule has 1 unspecified atom stereocenters. The monoisotopic (exact) mass is 424 g/mol. The quantitative estimate of drug-likeness (QED) is 0.593. The molecule has 1 atom stereocenters. The normalized spacial score (nSPS) is 16.2. The Labute approximate surface area is 177 Å². The predicted octanol–water partition coefficient (Wildman–Crippen LogP) is 4.42. The van der Waals surface area contributed by atoms with Gasteiger partial charge in [-0.25, -0.2) is 0 Å². The number of rotatable bonds is 6. The van der Waals surface area contributed by atoms with E-state index in [1.807, 2.05) is 54.6 Å². The summed E-state index contributed by atoms with van der Waals surface area (Å²) >= 11 is 2.96. The number of thioether (sulfide) groups is 1. The van der Waals surface area contributed by atoms with Gasteiger partial charge in [0, 0.05) is 29.5 Å². The highest BCUT2D eigenvalue weighted by Gasteiger charge is 2.33. The van der Waals surface area contributed by atoms with Gasteiger partial charge in [0.2, 0.25) is 11.0 Å². The highest BCUT2D eigenvalue weighted by atomic mass is 32.2. The molecule has 1 aliphatic heterocycles. The van der Waals surface area contributed by atoms with Crippen LogP contribution in [0, 0.1) is 0 Å². The summed E-state index contributed by atoms with van der Waals surface area (Å²) in [5.74, 6) is 0.750. The van der Waals surface area contributed by atoms with Crippen LogP contribution in [0.25, 0.3) is 0 Å². The van der Waals surface area contributed by atoms with Crippen molar-refractivity contribution in [1.29, 1.82) is 0 Å². The van der Waals surface area contributed by atoms with Crippen LogP contribution in [0.1, 0.15) is 34.6 Å². The predicted molar refractivity (Wildman–Crippen MR) is 117 cm³/mol. The van der Waals surface area contributed by atoms with Crippen LogP contribution in [0.4, 0.5) is 10.8 Å². The lowest BCUT2D eigenvalue weighted by molar-refractivity contribution is -0.117. The molecule has 2 aromatic carbocycles. The van der Waals surface area contributed by atoms with Gasteiger partial charge in [-0.1, -0.05) is 48.6 Å². The van der Waals surface area contributed by atoms with E-state index in [9.17, 15) is 9.59 Å². The average Bonchev–Trinajstić information content (AvgIpc) is 3.36. The number of aromatic nitrogens is 2. The van der Waals surface area contributed by atoms with Crippen molar-refractivity contribution in [1.82, 2.24) is 10.2 Å². The molecule has 29 heavy (non-hydrogen) atoms. The molecule has 0 radical (unpaired) electrons. The zero-order valence-corrected chi connectivity index (χ0v) is 17.5. The first-order valence-corrected chi connectivity index (χ1v) is 11.2. The van der Waals surface area contributed by atoms with Crippen molar-refractivity contribution in [2.45, 2.75) is 24.2 Å². The van der Waals surface area contributed by atoms with Gasteiger partial charge in [-0.3, -0.25) is 14.9 Å². The second kappa shape index (κ2) is 8.75. The highest BCUT2D eigenvalue weighted by molar-refractivity contribution is 7.99. The topological polar surface area (TPSA) is 75.2 Å². The Kier molecular flexibility index (Phi) is 5.92. The summed E-state index contributed by atoms with van der Waals surface area (Å²) in [5.41, 5.74) is 1.52. The first-order chi connectivity index (χ1) is 14.2. The number of hydrogen-bond donors (Lipinski definition) is 1. The van der Waals surface area contributed by atoms with Crippen molar-refractivity contribution in [3.8, 4) is 0 Å². The average molecular weight is 425 g/mol. The SMILES string of the molecule is CCSc1ccccc1C(=O)Nc1nnc(C2CC(=O)N(c3ccccc3)C2)s1. The van der Waals surface area contributed by atoms with Gasteiger partial charge in [0.1, 0.15) is 5.01 Å². The maximum atomic E-state index is 12.7. The van der Waals surface area contributed by atoms with Crippen LogP contribution >= 0.6 is 23.1 Å². The van der Waals surface area contributed by atoms with E-state index in [-0.39, 0.29) is 17.7 Å². The molecule has 1 saturated heterocycles. The smallest absolute Gasteiger partial charge is 0.258 e. The number of para-hydroxylation sites is 1. The molecule has 1 N–H and O–H groups in total. The molecule has 3 aromatic rings. The maximum Gasteiger partial charge on any atom is 0.258 e. The minimum absolute atomic E-state index is 0.0196. The largest absolute Gasteiger partial charge is 0.312 e. The summed E-state index contributed by atoms with van der Waals surface area (Å²) in [6, 6.07) is 17.1. The highest BCUT2D eigenvalue weighted by Crippen LogP contribution is 2.34. The summed E-state index contributed by atoms with van der Waals surface area (Å²) in [6.45, 7) is 2.62. The fourth-order valence-corrected chi connectivity index (χ4v) is 4.91. The summed E-state index contributed by atoms with van der Waals surface area (Å²) in [7, 11) is 0. The Balaban J connectivity index is 1.45. The van der Waals surface area contributed by atoms with Gasteiger partial charge < -0.3 is 4.90 Å². The molecule has 6 nitrogen and oxygen atoms in total. The number of hydrogen-bond acceptors (Lipinski definition) is 6. The van der Waals surface area contributed by atoms with Crippen LogP contribution in [0.5, 0.6) is 0 Å². The van der Waals surface area contributed by atoms with E-state index < -0.39 is 0 Å². The van der Waals surface area contributed by atoms with Gasteiger partial charge in [-0.2, -0.15) is 0 Å². The number of anilines is 2. The Morgan fingerprint density at radius 1 is 1.17 bits per heavy atom. The molecule has 2 heterocycles. The van der Waals surface area contributed by atoms with Crippen LogP contribution in [-0.4, -0.2) is 34.3 Å². The van der Waals surface area contributed by atoms with Crippen molar-refractivity contribution < 1.29 is 9.59 Å². The number of amides is 2. The third kappa shape index (κ3) is 4.33. The molecular weight excluding hydrogens is 404 g/mol. The molecule has 2 amide bonds. The van der Waals surface area contributed by atoms with Gasteiger partial charge in [0.15, 0.2) is 0 Å². The molecule has 148 valence electrons. The van der Waals surface area contributed by atoms with Crippen LogP contribution in [0.15, 0.2) is 59.5 Å². The minimum atomic E-state index is -0.197. The number of carbonyl (C=O) groups is 2. The van der Waals surface area contributed by atoms with Crippen molar-refractivity contribution in [2.24, 2.45) is 0 Å². The summed E-state index contributed by atoms with van der Waals surface area (Å²) in [6.07, 6.45) is 0.396. The van der Waals surface area contributed by atoms with Crippen molar-refractivity contribution >= 4 is 45.7 Å². The number of nitrogens with zero attached hydrogens (tertiary/aromatic N) is 3. The second-order valence-electron chi connectivity index (χ2n) is 6.57. The number of benzene rings is 2. The number of nitrogens with one attached hydrogen (secondary N) is 1. The van der Waals surface area contributed by atoms with E-state index in [1.54, 1.807) is 16.7 Å². The van der Waals surface area contributed by atoms with Crippen molar-refractivity contribution in [3.05, 3.63) is 65.2 Å². The van der Waals surface area contributed by atoms with E-state index in [2.05, 4.69) is 22.4 Å². The van der Waals surface area contributed by atoms with Crippen molar-refractivity contribution in [2.75, 3.05) is 22.5 Å². The summed E-state index contributed by atoms with van der Waals surface area (Å²) in [5, 5.41) is 12.4. The maximum absolute atomic E-state index is 12.7. The fourth-order valence-electron chi connectivity index (χ4n) is 3.28. The van der Waals surface area contributed by atoms with Gasteiger partial charge >= 0.3 is 0 Å². The first-order valence-electron chi connectivity index (χ1n) is 9.37. The zero-order valence-electron chi connectivity index (χ0n) is 15.9. The second-order valence-corrected chi connectivity index (χ2v) is 8.88. The van der Waals surface area contributed by atoms with E-state index in [0.29, 0.717) is 23.7 Å². The van der Waals surface area contributed by atoms with Crippen molar-refractivity contribution in [3.63, 3.8) is 0 Å². The lowest BCUT2D eigenvalue weighted by Gasteiger charge is -2.15. The lowest BCUT2D eigenvalue weighted by atomic mass is 10.1. The van der Waals surface area contributed by atoms with E-state index in [4.69, 9.17) is 0 Å². The van der Waals surface area contributed by atoms with Crippen LogP contribution in [0.2, 0.25) is 0 Å². The Morgan fingerprint density at radius 2 is 1.93 bits per heavy atom. The fraction of sp³-hybridized carbons (Fsp3) is 0.238. The first kappa shape index (κ1) is 19.6. The molecule has 8 heteroatoms. The molecular formula is C21H20N4O2S2. The van der Waals surface area contributed by atoms with Crippen LogP contribution in [-0.2, 0) is 4.79 Å². The molecule has 1 aromatic heterocycles. The summed E-state index contributed by atoms with van der Waals surface area (Å²) in [4.78, 5) is 27.8. The van der Waals surface area contributed by atoms with Gasteiger partial charge in [-0.15, -0.1) is 22.0 Å². The molecule has 0 spiro atoms.